The molecule has 170 valence electrons. The van der Waals surface area contributed by atoms with Crippen molar-refractivity contribution in [3.63, 3.8) is 0 Å². The Morgan fingerprint density at radius 1 is 1.06 bits per heavy atom. The van der Waals surface area contributed by atoms with E-state index in [1.54, 1.807) is 38.1 Å². The summed E-state index contributed by atoms with van der Waals surface area (Å²) in [6.45, 7) is 3.58. The molecule has 0 aliphatic carbocycles. The number of ether oxygens (including phenoxy) is 1. The minimum atomic E-state index is -3.87. The van der Waals surface area contributed by atoms with E-state index in [-0.39, 0.29) is 53.5 Å². The van der Waals surface area contributed by atoms with Crippen molar-refractivity contribution in [3.05, 3.63) is 53.6 Å². The fraction of sp³-hybridized carbons (Fsp3) is 0.318. The van der Waals surface area contributed by atoms with E-state index in [4.69, 9.17) is 4.74 Å². The zero-order chi connectivity index (χ0) is 23.5. The molecule has 3 rings (SSSR count). The van der Waals surface area contributed by atoms with Gasteiger partial charge in [0.2, 0.25) is 21.8 Å². The Hall–Kier alpha value is -3.24. The maximum absolute atomic E-state index is 12.7. The molecule has 3 amide bonds. The first-order valence-electron chi connectivity index (χ1n) is 10.0. The third-order valence-electron chi connectivity index (χ3n) is 4.81. The monoisotopic (exact) mass is 459 g/mol. The number of hydrogen-bond donors (Lipinski definition) is 2. The lowest BCUT2D eigenvalue weighted by atomic mass is 10.1. The molecular formula is C22H25N3O6S. The van der Waals surface area contributed by atoms with Crippen molar-refractivity contribution in [1.29, 1.82) is 0 Å². The first kappa shape index (κ1) is 23.4. The van der Waals surface area contributed by atoms with Crippen LogP contribution in [-0.4, -0.2) is 44.2 Å². The first-order chi connectivity index (χ1) is 15.1. The van der Waals surface area contributed by atoms with Gasteiger partial charge in [0.05, 0.1) is 13.7 Å². The SMILES string of the molecule is COc1ccc(C(=O)Nc2ccc(CN3C(=O)CCC3=O)cc2)cc1S(=O)(=O)NC(C)C. The first-order valence-corrected chi connectivity index (χ1v) is 11.5. The van der Waals surface area contributed by atoms with Crippen molar-refractivity contribution in [2.24, 2.45) is 0 Å². The second-order valence-electron chi connectivity index (χ2n) is 7.67. The number of nitrogens with zero attached hydrogens (tertiary/aromatic N) is 1. The maximum Gasteiger partial charge on any atom is 0.255 e. The fourth-order valence-electron chi connectivity index (χ4n) is 3.28. The minimum Gasteiger partial charge on any atom is -0.495 e. The van der Waals surface area contributed by atoms with Crippen LogP contribution in [0.2, 0.25) is 0 Å². The molecular weight excluding hydrogens is 434 g/mol. The molecule has 1 aliphatic rings. The molecule has 10 heteroatoms. The van der Waals surface area contributed by atoms with E-state index < -0.39 is 15.9 Å². The van der Waals surface area contributed by atoms with Crippen LogP contribution >= 0.6 is 0 Å². The van der Waals surface area contributed by atoms with Gasteiger partial charge in [-0.25, -0.2) is 13.1 Å². The van der Waals surface area contributed by atoms with Gasteiger partial charge in [-0.15, -0.1) is 0 Å². The van der Waals surface area contributed by atoms with Crippen molar-refractivity contribution in [2.75, 3.05) is 12.4 Å². The molecule has 2 aromatic rings. The number of carbonyl (C=O) groups is 3. The predicted octanol–water partition coefficient (Wildman–Crippen LogP) is 2.28. The summed E-state index contributed by atoms with van der Waals surface area (Å²) < 4.78 is 32.8. The summed E-state index contributed by atoms with van der Waals surface area (Å²) in [5.41, 5.74) is 1.38. The van der Waals surface area contributed by atoms with E-state index in [0.29, 0.717) is 5.69 Å². The summed E-state index contributed by atoms with van der Waals surface area (Å²) in [6, 6.07) is 10.6. The van der Waals surface area contributed by atoms with Gasteiger partial charge in [0, 0.05) is 30.1 Å². The third kappa shape index (κ3) is 5.32. The van der Waals surface area contributed by atoms with Gasteiger partial charge < -0.3 is 10.1 Å². The number of benzene rings is 2. The van der Waals surface area contributed by atoms with Gasteiger partial charge in [-0.1, -0.05) is 12.1 Å². The molecule has 2 aromatic carbocycles. The summed E-state index contributed by atoms with van der Waals surface area (Å²) >= 11 is 0. The number of nitrogens with one attached hydrogen (secondary N) is 2. The average molecular weight is 460 g/mol. The van der Waals surface area contributed by atoms with Crippen molar-refractivity contribution in [3.8, 4) is 5.75 Å². The Balaban J connectivity index is 1.75. The highest BCUT2D eigenvalue weighted by atomic mass is 32.2. The molecule has 0 saturated carbocycles. The molecule has 0 radical (unpaired) electrons. The number of anilines is 1. The van der Waals surface area contributed by atoms with Crippen LogP contribution in [0.5, 0.6) is 5.75 Å². The van der Waals surface area contributed by atoms with Gasteiger partial charge in [0.25, 0.3) is 5.91 Å². The topological polar surface area (TPSA) is 122 Å². The van der Waals surface area contributed by atoms with Gasteiger partial charge >= 0.3 is 0 Å². The van der Waals surface area contributed by atoms with E-state index >= 15 is 0 Å². The minimum absolute atomic E-state index is 0.128. The van der Waals surface area contributed by atoms with E-state index in [1.165, 1.54) is 30.2 Å². The van der Waals surface area contributed by atoms with Gasteiger partial charge in [0.15, 0.2) is 0 Å². The lowest BCUT2D eigenvalue weighted by molar-refractivity contribution is -0.139. The van der Waals surface area contributed by atoms with Crippen molar-refractivity contribution < 1.29 is 27.5 Å². The maximum atomic E-state index is 12.7. The smallest absolute Gasteiger partial charge is 0.255 e. The Labute approximate surface area is 186 Å². The number of amides is 3. The van der Waals surface area contributed by atoms with Gasteiger partial charge in [-0.2, -0.15) is 0 Å². The van der Waals surface area contributed by atoms with Gasteiger partial charge in [-0.3, -0.25) is 19.3 Å². The lowest BCUT2D eigenvalue weighted by Crippen LogP contribution is -2.30. The van der Waals surface area contributed by atoms with E-state index in [9.17, 15) is 22.8 Å². The molecule has 0 unspecified atom stereocenters. The normalized spacial score (nSPS) is 14.2. The molecule has 32 heavy (non-hydrogen) atoms. The Morgan fingerprint density at radius 3 is 2.25 bits per heavy atom. The van der Waals surface area contributed by atoms with Crippen molar-refractivity contribution >= 4 is 33.4 Å². The second-order valence-corrected chi connectivity index (χ2v) is 9.35. The summed E-state index contributed by atoms with van der Waals surface area (Å²) in [6.07, 6.45) is 0.471. The number of rotatable bonds is 8. The Bertz CT molecular complexity index is 1130. The van der Waals surface area contributed by atoms with Crippen LogP contribution in [-0.2, 0) is 26.2 Å². The van der Waals surface area contributed by atoms with Gasteiger partial charge in [-0.05, 0) is 49.7 Å². The molecule has 0 aromatic heterocycles. The Kier molecular flexibility index (Phi) is 6.95. The summed E-state index contributed by atoms with van der Waals surface area (Å²) in [5.74, 6) is -0.745. The number of imide groups is 1. The number of hydrogen-bond acceptors (Lipinski definition) is 6. The number of sulfonamides is 1. The number of methoxy groups -OCH3 is 1. The lowest BCUT2D eigenvalue weighted by Gasteiger charge is -2.15. The summed E-state index contributed by atoms with van der Waals surface area (Å²) in [5, 5.41) is 2.71. The number of carbonyl (C=O) groups excluding carboxylic acids is 3. The Morgan fingerprint density at radius 2 is 1.69 bits per heavy atom. The zero-order valence-electron chi connectivity index (χ0n) is 18.0. The van der Waals surface area contributed by atoms with Crippen LogP contribution in [0.25, 0.3) is 0 Å². The van der Waals surface area contributed by atoms with Crippen LogP contribution in [0.3, 0.4) is 0 Å². The highest BCUT2D eigenvalue weighted by molar-refractivity contribution is 7.89. The quantitative estimate of drug-likeness (QED) is 0.584. The average Bonchev–Trinajstić information content (AvgIpc) is 3.05. The highest BCUT2D eigenvalue weighted by Crippen LogP contribution is 2.26. The molecule has 0 bridgehead atoms. The zero-order valence-corrected chi connectivity index (χ0v) is 18.9. The van der Waals surface area contributed by atoms with Crippen LogP contribution < -0.4 is 14.8 Å². The van der Waals surface area contributed by atoms with E-state index in [2.05, 4.69) is 10.0 Å². The van der Waals surface area contributed by atoms with Crippen molar-refractivity contribution in [2.45, 2.75) is 44.2 Å². The van der Waals surface area contributed by atoms with Crippen molar-refractivity contribution in [1.82, 2.24) is 9.62 Å². The van der Waals surface area contributed by atoms with Crippen LogP contribution in [0.4, 0.5) is 5.69 Å². The molecule has 1 fully saturated rings. The van der Waals surface area contributed by atoms with Crippen LogP contribution in [0.1, 0.15) is 42.6 Å². The molecule has 1 aliphatic heterocycles. The molecule has 0 spiro atoms. The third-order valence-corrected chi connectivity index (χ3v) is 6.49. The van der Waals surface area contributed by atoms with E-state index in [0.717, 1.165) is 5.56 Å². The molecule has 1 heterocycles. The van der Waals surface area contributed by atoms with Gasteiger partial charge in [0.1, 0.15) is 10.6 Å². The second kappa shape index (κ2) is 9.49. The fourth-order valence-corrected chi connectivity index (χ4v) is 4.73. The predicted molar refractivity (Wildman–Crippen MR) is 118 cm³/mol. The summed E-state index contributed by atoms with van der Waals surface area (Å²) in [4.78, 5) is 37.3. The highest BCUT2D eigenvalue weighted by Gasteiger charge is 2.28. The molecule has 1 saturated heterocycles. The van der Waals surface area contributed by atoms with Crippen LogP contribution in [0.15, 0.2) is 47.4 Å². The molecule has 0 atom stereocenters. The van der Waals surface area contributed by atoms with Crippen LogP contribution in [0, 0.1) is 0 Å². The molecule has 9 nitrogen and oxygen atoms in total. The van der Waals surface area contributed by atoms with E-state index in [1.807, 2.05) is 0 Å². The molecule has 2 N–H and O–H groups in total. The summed E-state index contributed by atoms with van der Waals surface area (Å²) in [7, 11) is -2.52. The number of likely N-dealkylation sites (tertiary alicyclic amines) is 1. The standard InChI is InChI=1S/C22H25N3O6S/c1-14(2)24-32(29,30)19-12-16(6-9-18(19)31-3)22(28)23-17-7-4-15(5-8-17)13-25-20(26)10-11-21(25)27/h4-9,12,14,24H,10-11,13H2,1-3H3,(H,23,28). The largest absolute Gasteiger partial charge is 0.495 e.